The van der Waals surface area contributed by atoms with Crippen LogP contribution in [0.3, 0.4) is 0 Å². The van der Waals surface area contributed by atoms with Crippen molar-refractivity contribution in [2.24, 2.45) is 5.92 Å². The van der Waals surface area contributed by atoms with Gasteiger partial charge in [0.1, 0.15) is 0 Å². The third kappa shape index (κ3) is 1.93. The molecule has 0 N–H and O–H groups in total. The van der Waals surface area contributed by atoms with Gasteiger partial charge in [-0.05, 0) is 26.7 Å². The van der Waals surface area contributed by atoms with E-state index in [1.54, 1.807) is 0 Å². The first-order valence-electron chi connectivity index (χ1n) is 5.08. The molecule has 0 aliphatic rings. The van der Waals surface area contributed by atoms with E-state index in [2.05, 4.69) is 44.2 Å². The van der Waals surface area contributed by atoms with Gasteiger partial charge in [0.25, 0.3) is 0 Å². The van der Waals surface area contributed by atoms with Gasteiger partial charge in [0.2, 0.25) is 0 Å². The number of aryl methyl sites for hydroxylation is 1. The summed E-state index contributed by atoms with van der Waals surface area (Å²) in [5, 5.41) is 0. The van der Waals surface area contributed by atoms with Gasteiger partial charge in [0.15, 0.2) is 0 Å². The highest BCUT2D eigenvalue weighted by Gasteiger charge is 2.14. The fraction of sp³-hybridized carbons (Fsp3) is 0.727. The molecular formula is C11H20N2. The van der Waals surface area contributed by atoms with Gasteiger partial charge < -0.3 is 4.57 Å². The summed E-state index contributed by atoms with van der Waals surface area (Å²) in [5.41, 5.74) is 2.45. The van der Waals surface area contributed by atoms with E-state index in [1.807, 2.05) is 6.33 Å². The largest absolute Gasteiger partial charge is 0.332 e. The van der Waals surface area contributed by atoms with E-state index in [9.17, 15) is 0 Å². The Morgan fingerprint density at radius 2 is 2.00 bits per heavy atom. The summed E-state index contributed by atoms with van der Waals surface area (Å²) >= 11 is 0. The van der Waals surface area contributed by atoms with E-state index in [-0.39, 0.29) is 0 Å². The molecule has 0 aliphatic carbocycles. The number of hydrogen-bond donors (Lipinski definition) is 0. The molecule has 1 aromatic heterocycles. The minimum Gasteiger partial charge on any atom is -0.332 e. The highest BCUT2D eigenvalue weighted by molar-refractivity contribution is 5.09. The van der Waals surface area contributed by atoms with Crippen LogP contribution in [0, 0.1) is 19.8 Å². The number of nitrogens with zero attached hydrogens (tertiary/aromatic N) is 2. The second kappa shape index (κ2) is 3.95. The molecule has 2 unspecified atom stereocenters. The van der Waals surface area contributed by atoms with Crippen LogP contribution in [0.1, 0.15) is 44.6 Å². The van der Waals surface area contributed by atoms with Crippen molar-refractivity contribution in [1.82, 2.24) is 9.55 Å². The molecule has 2 heteroatoms. The lowest BCUT2D eigenvalue weighted by Crippen LogP contribution is -2.13. The molecule has 0 fully saturated rings. The summed E-state index contributed by atoms with van der Waals surface area (Å²) in [6.07, 6.45) is 3.18. The Morgan fingerprint density at radius 1 is 1.38 bits per heavy atom. The van der Waals surface area contributed by atoms with E-state index >= 15 is 0 Å². The predicted molar refractivity (Wildman–Crippen MR) is 55.9 cm³/mol. The first kappa shape index (κ1) is 10.3. The molecule has 1 aromatic rings. The highest BCUT2D eigenvalue weighted by Crippen LogP contribution is 2.22. The molecule has 0 bridgehead atoms. The molecule has 0 spiro atoms. The first-order valence-corrected chi connectivity index (χ1v) is 5.08. The van der Waals surface area contributed by atoms with E-state index in [1.165, 1.54) is 12.1 Å². The van der Waals surface area contributed by atoms with Crippen LogP contribution in [0.15, 0.2) is 6.33 Å². The van der Waals surface area contributed by atoms with Gasteiger partial charge in [-0.3, -0.25) is 0 Å². The maximum atomic E-state index is 4.32. The summed E-state index contributed by atoms with van der Waals surface area (Å²) in [5.74, 6) is 0.715. The van der Waals surface area contributed by atoms with Crippen LogP contribution < -0.4 is 0 Å². The molecule has 1 rings (SSSR count). The number of aromatic nitrogens is 2. The Bertz CT molecular complexity index is 276. The third-order valence-electron chi connectivity index (χ3n) is 3.19. The minimum atomic E-state index is 0.561. The summed E-state index contributed by atoms with van der Waals surface area (Å²) in [6, 6.07) is 0.561. The molecule has 13 heavy (non-hydrogen) atoms. The molecule has 0 saturated carbocycles. The van der Waals surface area contributed by atoms with Crippen LogP contribution in [-0.2, 0) is 0 Å². The average Bonchev–Trinajstić information content (AvgIpc) is 2.45. The molecule has 0 aromatic carbocycles. The summed E-state index contributed by atoms with van der Waals surface area (Å²) < 4.78 is 2.28. The molecule has 0 radical (unpaired) electrons. The fourth-order valence-corrected chi connectivity index (χ4v) is 1.54. The fourth-order valence-electron chi connectivity index (χ4n) is 1.54. The quantitative estimate of drug-likeness (QED) is 0.699. The lowest BCUT2D eigenvalue weighted by molar-refractivity contribution is 0.365. The summed E-state index contributed by atoms with van der Waals surface area (Å²) in [7, 11) is 0. The van der Waals surface area contributed by atoms with Crippen molar-refractivity contribution in [1.29, 1.82) is 0 Å². The van der Waals surface area contributed by atoms with Crippen molar-refractivity contribution >= 4 is 0 Å². The Kier molecular flexibility index (Phi) is 3.12. The van der Waals surface area contributed by atoms with Gasteiger partial charge in [0.05, 0.1) is 12.0 Å². The molecule has 2 nitrogen and oxygen atoms in total. The van der Waals surface area contributed by atoms with Gasteiger partial charge in [0, 0.05) is 11.7 Å². The van der Waals surface area contributed by atoms with Crippen LogP contribution in [0.5, 0.6) is 0 Å². The molecular weight excluding hydrogens is 160 g/mol. The van der Waals surface area contributed by atoms with Gasteiger partial charge in [-0.15, -0.1) is 0 Å². The van der Waals surface area contributed by atoms with Crippen LogP contribution in [0.4, 0.5) is 0 Å². The zero-order valence-electron chi connectivity index (χ0n) is 9.33. The number of imidazole rings is 1. The van der Waals surface area contributed by atoms with Crippen molar-refractivity contribution in [2.45, 2.75) is 47.1 Å². The lowest BCUT2D eigenvalue weighted by Gasteiger charge is -2.21. The molecule has 74 valence electrons. The average molecular weight is 180 g/mol. The zero-order chi connectivity index (χ0) is 10.0. The van der Waals surface area contributed by atoms with Crippen molar-refractivity contribution in [3.63, 3.8) is 0 Å². The first-order chi connectivity index (χ1) is 6.07. The van der Waals surface area contributed by atoms with Gasteiger partial charge in [-0.1, -0.05) is 20.3 Å². The van der Waals surface area contributed by atoms with Crippen molar-refractivity contribution in [3.05, 3.63) is 17.7 Å². The predicted octanol–water partition coefficient (Wildman–Crippen LogP) is 3.11. The third-order valence-corrected chi connectivity index (χ3v) is 3.19. The van der Waals surface area contributed by atoms with Gasteiger partial charge in [-0.2, -0.15) is 0 Å². The topological polar surface area (TPSA) is 17.8 Å². The maximum Gasteiger partial charge on any atom is 0.0954 e. The molecule has 1 heterocycles. The standard InChI is InChI=1S/C11H20N2/c1-6-8(2)10(4)13-7-12-9(3)11(13)5/h7-8,10H,6H2,1-5H3. The van der Waals surface area contributed by atoms with Crippen LogP contribution in [0.25, 0.3) is 0 Å². The molecule has 0 saturated heterocycles. The maximum absolute atomic E-state index is 4.32. The Hall–Kier alpha value is -0.790. The van der Waals surface area contributed by atoms with Crippen LogP contribution in [0.2, 0.25) is 0 Å². The molecule has 0 amide bonds. The normalized spacial score (nSPS) is 15.8. The van der Waals surface area contributed by atoms with Gasteiger partial charge >= 0.3 is 0 Å². The highest BCUT2D eigenvalue weighted by atomic mass is 15.1. The van der Waals surface area contributed by atoms with E-state index in [0.717, 1.165) is 5.69 Å². The molecule has 0 aliphatic heterocycles. The zero-order valence-corrected chi connectivity index (χ0v) is 9.33. The second-order valence-corrected chi connectivity index (χ2v) is 3.95. The molecule has 2 atom stereocenters. The van der Waals surface area contributed by atoms with E-state index in [4.69, 9.17) is 0 Å². The SMILES string of the molecule is CCC(C)C(C)n1cnc(C)c1C. The monoisotopic (exact) mass is 180 g/mol. The summed E-state index contributed by atoms with van der Waals surface area (Å²) in [6.45, 7) is 11.0. The lowest BCUT2D eigenvalue weighted by atomic mass is 10.0. The van der Waals surface area contributed by atoms with E-state index in [0.29, 0.717) is 12.0 Å². The smallest absolute Gasteiger partial charge is 0.0954 e. The van der Waals surface area contributed by atoms with Crippen LogP contribution >= 0.6 is 0 Å². The Labute approximate surface area is 81.0 Å². The van der Waals surface area contributed by atoms with Gasteiger partial charge in [-0.25, -0.2) is 4.98 Å². The Balaban J connectivity index is 2.88. The number of hydrogen-bond acceptors (Lipinski definition) is 1. The van der Waals surface area contributed by atoms with Crippen molar-refractivity contribution in [2.75, 3.05) is 0 Å². The number of rotatable bonds is 3. The second-order valence-electron chi connectivity index (χ2n) is 3.95. The van der Waals surface area contributed by atoms with Crippen molar-refractivity contribution in [3.8, 4) is 0 Å². The minimum absolute atomic E-state index is 0.561. The van der Waals surface area contributed by atoms with Crippen LogP contribution in [-0.4, -0.2) is 9.55 Å². The summed E-state index contributed by atoms with van der Waals surface area (Å²) in [4.78, 5) is 4.32. The van der Waals surface area contributed by atoms with E-state index < -0.39 is 0 Å². The van der Waals surface area contributed by atoms with Crippen molar-refractivity contribution < 1.29 is 0 Å². The Morgan fingerprint density at radius 3 is 2.38 bits per heavy atom.